The van der Waals surface area contributed by atoms with Gasteiger partial charge in [-0.2, -0.15) is 0 Å². The average Bonchev–Trinajstić information content (AvgIpc) is 3.03. The SMILES string of the molecule is O=C(NCOP(=O)(O)O)NCc1cnc2cc(CC(=O)ON3C(=O)CCC3=O)ccc2c1. The molecule has 2 heterocycles. The van der Waals surface area contributed by atoms with Crippen molar-refractivity contribution in [2.45, 2.75) is 25.8 Å². The molecule has 170 valence electrons. The van der Waals surface area contributed by atoms with Gasteiger partial charge in [0.25, 0.3) is 11.8 Å². The minimum absolute atomic E-state index is 0.0199. The van der Waals surface area contributed by atoms with Crippen LogP contribution in [0.3, 0.4) is 0 Å². The molecule has 14 heteroatoms. The van der Waals surface area contributed by atoms with E-state index >= 15 is 0 Å². The van der Waals surface area contributed by atoms with E-state index in [4.69, 9.17) is 14.6 Å². The van der Waals surface area contributed by atoms with Crippen LogP contribution in [-0.2, 0) is 41.3 Å². The molecule has 0 unspecified atom stereocenters. The third-order valence-corrected chi connectivity index (χ3v) is 4.74. The number of phosphoric acid groups is 1. The number of nitrogens with one attached hydrogen (secondary N) is 2. The van der Waals surface area contributed by atoms with E-state index in [1.54, 1.807) is 24.3 Å². The van der Waals surface area contributed by atoms with E-state index in [1.807, 2.05) is 0 Å². The van der Waals surface area contributed by atoms with E-state index in [0.717, 1.165) is 5.39 Å². The standard InChI is InChI=1S/C18H19N4O9P/c23-15-3-4-16(24)22(15)31-17(25)7-11-1-2-13-5-12(8-19-14(13)6-11)9-20-18(26)21-10-30-32(27,28)29/h1-2,5-6,8H,3-4,7,9-10H2,(H2,20,21,26)(H2,27,28,29). The monoisotopic (exact) mass is 466 g/mol. The molecule has 32 heavy (non-hydrogen) atoms. The van der Waals surface area contributed by atoms with Crippen LogP contribution in [0.2, 0.25) is 0 Å². The molecule has 1 aromatic carbocycles. The highest BCUT2D eigenvalue weighted by molar-refractivity contribution is 7.46. The molecule has 3 rings (SSSR count). The van der Waals surface area contributed by atoms with E-state index in [2.05, 4.69) is 20.1 Å². The molecule has 1 saturated heterocycles. The van der Waals surface area contributed by atoms with Crippen molar-refractivity contribution in [1.82, 2.24) is 20.7 Å². The van der Waals surface area contributed by atoms with Gasteiger partial charge in [-0.25, -0.2) is 14.2 Å². The number of hydrogen-bond acceptors (Lipinski definition) is 8. The van der Waals surface area contributed by atoms with E-state index < -0.39 is 38.4 Å². The molecule has 2 aromatic rings. The number of fused-ring (bicyclic) bond motifs is 1. The number of nitrogens with zero attached hydrogens (tertiary/aromatic N) is 2. The minimum atomic E-state index is -4.67. The smallest absolute Gasteiger partial charge is 0.334 e. The van der Waals surface area contributed by atoms with Gasteiger partial charge in [-0.15, -0.1) is 5.06 Å². The predicted octanol–water partition coefficient (Wildman–Crippen LogP) is 0.250. The molecule has 0 aliphatic carbocycles. The molecule has 0 spiro atoms. The molecule has 1 aromatic heterocycles. The first kappa shape index (κ1) is 23.3. The van der Waals surface area contributed by atoms with Crippen LogP contribution in [0.4, 0.5) is 4.79 Å². The van der Waals surface area contributed by atoms with Gasteiger partial charge in [0.2, 0.25) is 0 Å². The second-order valence-electron chi connectivity index (χ2n) is 6.72. The number of amides is 4. The fourth-order valence-electron chi connectivity index (χ4n) is 2.80. The predicted molar refractivity (Wildman–Crippen MR) is 106 cm³/mol. The maximum absolute atomic E-state index is 12.0. The lowest BCUT2D eigenvalue weighted by Gasteiger charge is -2.12. The van der Waals surface area contributed by atoms with Crippen molar-refractivity contribution < 1.29 is 42.9 Å². The van der Waals surface area contributed by atoms with Crippen molar-refractivity contribution >= 4 is 42.5 Å². The lowest BCUT2D eigenvalue weighted by Crippen LogP contribution is -2.36. The fourth-order valence-corrected chi connectivity index (χ4v) is 3.04. The number of hydroxylamine groups is 2. The number of imide groups is 1. The number of carbonyl (C=O) groups excluding carboxylic acids is 4. The minimum Gasteiger partial charge on any atom is -0.334 e. The summed E-state index contributed by atoms with van der Waals surface area (Å²) in [5, 5.41) is 5.84. The highest BCUT2D eigenvalue weighted by Gasteiger charge is 2.32. The first-order valence-electron chi connectivity index (χ1n) is 9.26. The highest BCUT2D eigenvalue weighted by atomic mass is 31.2. The van der Waals surface area contributed by atoms with Crippen LogP contribution >= 0.6 is 7.82 Å². The van der Waals surface area contributed by atoms with Crippen LogP contribution in [-0.4, -0.2) is 50.4 Å². The van der Waals surface area contributed by atoms with Crippen molar-refractivity contribution in [2.24, 2.45) is 0 Å². The molecule has 4 N–H and O–H groups in total. The van der Waals surface area contributed by atoms with Gasteiger partial charge < -0.3 is 25.3 Å². The van der Waals surface area contributed by atoms with E-state index in [-0.39, 0.29) is 25.8 Å². The Bertz CT molecular complexity index is 1100. The normalized spacial score (nSPS) is 14.0. The van der Waals surface area contributed by atoms with Gasteiger partial charge in [-0.05, 0) is 23.3 Å². The van der Waals surface area contributed by atoms with Gasteiger partial charge in [0, 0.05) is 31.0 Å². The summed E-state index contributed by atoms with van der Waals surface area (Å²) in [6.45, 7) is -0.561. The first-order chi connectivity index (χ1) is 15.1. The fraction of sp³-hybridized carbons (Fsp3) is 0.278. The van der Waals surface area contributed by atoms with Crippen LogP contribution < -0.4 is 10.6 Å². The summed E-state index contributed by atoms with van der Waals surface area (Å²) in [5.41, 5.74) is 1.80. The molecule has 0 saturated carbocycles. The van der Waals surface area contributed by atoms with E-state index in [1.165, 1.54) is 6.20 Å². The molecule has 13 nitrogen and oxygen atoms in total. The van der Waals surface area contributed by atoms with Gasteiger partial charge in [0.1, 0.15) is 6.73 Å². The van der Waals surface area contributed by atoms with E-state index in [9.17, 15) is 23.7 Å². The zero-order valence-electron chi connectivity index (χ0n) is 16.5. The summed E-state index contributed by atoms with van der Waals surface area (Å²) in [6.07, 6.45) is 1.39. The number of aromatic nitrogens is 1. The molecule has 0 radical (unpaired) electrons. The topological polar surface area (TPSA) is 184 Å². The first-order valence-corrected chi connectivity index (χ1v) is 10.8. The van der Waals surface area contributed by atoms with Gasteiger partial charge in [0.15, 0.2) is 0 Å². The van der Waals surface area contributed by atoms with Crippen molar-refractivity contribution in [3.05, 3.63) is 41.6 Å². The van der Waals surface area contributed by atoms with Crippen LogP contribution in [0.1, 0.15) is 24.0 Å². The van der Waals surface area contributed by atoms with Gasteiger partial charge >= 0.3 is 19.8 Å². The second-order valence-corrected chi connectivity index (χ2v) is 7.96. The maximum Gasteiger partial charge on any atom is 0.471 e. The molecule has 0 bridgehead atoms. The van der Waals surface area contributed by atoms with Crippen LogP contribution in [0.15, 0.2) is 30.5 Å². The maximum atomic E-state index is 12.0. The number of urea groups is 1. The zero-order valence-corrected chi connectivity index (χ0v) is 17.4. The number of pyridine rings is 1. The third-order valence-electron chi connectivity index (χ3n) is 4.27. The number of phosphoric ester groups is 1. The van der Waals surface area contributed by atoms with Crippen molar-refractivity contribution in [2.75, 3.05) is 6.73 Å². The van der Waals surface area contributed by atoms with Crippen LogP contribution in [0.5, 0.6) is 0 Å². The second kappa shape index (κ2) is 9.83. The highest BCUT2D eigenvalue weighted by Crippen LogP contribution is 2.34. The van der Waals surface area contributed by atoms with Crippen LogP contribution in [0.25, 0.3) is 10.9 Å². The van der Waals surface area contributed by atoms with Crippen molar-refractivity contribution in [3.63, 3.8) is 0 Å². The molecule has 1 aliphatic rings. The van der Waals surface area contributed by atoms with Gasteiger partial charge in [-0.1, -0.05) is 12.1 Å². The Morgan fingerprint density at radius 1 is 1.09 bits per heavy atom. The Hall–Kier alpha value is -3.38. The molecule has 0 atom stereocenters. The molecular weight excluding hydrogens is 447 g/mol. The lowest BCUT2D eigenvalue weighted by atomic mass is 10.1. The average molecular weight is 466 g/mol. The summed E-state index contributed by atoms with van der Waals surface area (Å²) in [6, 6.07) is 6.12. The zero-order chi connectivity index (χ0) is 23.3. The number of carbonyl (C=O) groups is 4. The quantitative estimate of drug-likeness (QED) is 0.239. The molecule has 1 aliphatic heterocycles. The summed E-state index contributed by atoms with van der Waals surface area (Å²) in [7, 11) is -4.67. The number of rotatable bonds is 8. The number of hydrogen-bond donors (Lipinski definition) is 4. The summed E-state index contributed by atoms with van der Waals surface area (Å²) < 4.78 is 14.6. The Balaban J connectivity index is 1.54. The largest absolute Gasteiger partial charge is 0.471 e. The molecule has 1 fully saturated rings. The summed E-state index contributed by atoms with van der Waals surface area (Å²) in [4.78, 5) is 72.9. The van der Waals surface area contributed by atoms with Crippen molar-refractivity contribution in [1.29, 1.82) is 0 Å². The Morgan fingerprint density at radius 2 is 1.81 bits per heavy atom. The van der Waals surface area contributed by atoms with Crippen molar-refractivity contribution in [3.8, 4) is 0 Å². The third kappa shape index (κ3) is 6.56. The Morgan fingerprint density at radius 3 is 2.50 bits per heavy atom. The molecular formula is C18H19N4O9P. The number of benzene rings is 1. The Kier molecular flexibility index (Phi) is 7.15. The van der Waals surface area contributed by atoms with Gasteiger partial charge in [0.05, 0.1) is 11.9 Å². The molecule has 4 amide bonds. The summed E-state index contributed by atoms with van der Waals surface area (Å²) >= 11 is 0. The summed E-state index contributed by atoms with van der Waals surface area (Å²) in [5.74, 6) is -1.84. The van der Waals surface area contributed by atoms with Crippen LogP contribution in [0, 0.1) is 0 Å². The Labute approximate surface area is 180 Å². The van der Waals surface area contributed by atoms with E-state index in [0.29, 0.717) is 21.7 Å². The lowest BCUT2D eigenvalue weighted by molar-refractivity contribution is -0.197. The van der Waals surface area contributed by atoms with Gasteiger partial charge in [-0.3, -0.25) is 19.1 Å².